The Kier molecular flexibility index (Phi) is 4.25. The molecule has 5 nitrogen and oxygen atoms in total. The first kappa shape index (κ1) is 16.2. The van der Waals surface area contributed by atoms with Crippen molar-refractivity contribution in [1.82, 2.24) is 14.7 Å². The van der Waals surface area contributed by atoms with Crippen LogP contribution in [0.2, 0.25) is 10.0 Å². The number of aliphatic imine (C=N–C) groups is 1. The van der Waals surface area contributed by atoms with Gasteiger partial charge in [0.1, 0.15) is 11.3 Å². The monoisotopic (exact) mass is 388 g/mol. The average molecular weight is 389 g/mol. The summed E-state index contributed by atoms with van der Waals surface area (Å²) >= 11 is 13.5. The molecule has 1 aliphatic heterocycles. The van der Waals surface area contributed by atoms with Crippen molar-refractivity contribution in [2.24, 2.45) is 4.99 Å². The Morgan fingerprint density at radius 1 is 1.20 bits per heavy atom. The van der Waals surface area contributed by atoms with Crippen LogP contribution in [-0.2, 0) is 4.79 Å². The molecular weight excluding hydrogens is 379 g/mol. The van der Waals surface area contributed by atoms with E-state index in [0.29, 0.717) is 25.8 Å². The SMILES string of the molecule is O=C1NC(=Nc2c(Cl)cccc2Cl)S/C1=C\c1ccc2nccn2c1. The maximum atomic E-state index is 12.2. The van der Waals surface area contributed by atoms with Gasteiger partial charge in [-0.1, -0.05) is 29.3 Å². The number of nitrogens with one attached hydrogen (secondary N) is 1. The quantitative estimate of drug-likeness (QED) is 0.655. The highest BCUT2D eigenvalue weighted by molar-refractivity contribution is 8.18. The lowest BCUT2D eigenvalue weighted by Gasteiger charge is -2.01. The summed E-state index contributed by atoms with van der Waals surface area (Å²) in [5, 5.41) is 4.03. The average Bonchev–Trinajstić information content (AvgIpc) is 3.18. The fraction of sp³-hybridized carbons (Fsp3) is 0. The number of carbonyl (C=O) groups excluding carboxylic acids is 1. The summed E-state index contributed by atoms with van der Waals surface area (Å²) in [6.07, 6.45) is 7.28. The Labute approximate surface area is 157 Å². The molecule has 1 saturated heterocycles. The lowest BCUT2D eigenvalue weighted by molar-refractivity contribution is -0.115. The van der Waals surface area contributed by atoms with Gasteiger partial charge in [0.15, 0.2) is 5.17 Å². The van der Waals surface area contributed by atoms with Crippen LogP contribution >= 0.6 is 35.0 Å². The number of pyridine rings is 1. The van der Waals surface area contributed by atoms with Crippen LogP contribution in [0.3, 0.4) is 0 Å². The number of rotatable bonds is 2. The minimum absolute atomic E-state index is 0.211. The van der Waals surface area contributed by atoms with Crippen molar-refractivity contribution in [3.05, 3.63) is 69.4 Å². The van der Waals surface area contributed by atoms with Crippen LogP contribution in [0.4, 0.5) is 5.69 Å². The molecule has 2 aromatic heterocycles. The molecule has 4 rings (SSSR count). The number of thioether (sulfide) groups is 1. The van der Waals surface area contributed by atoms with Crippen molar-refractivity contribution < 1.29 is 4.79 Å². The van der Waals surface area contributed by atoms with Gasteiger partial charge in [-0.3, -0.25) is 4.79 Å². The summed E-state index contributed by atoms with van der Waals surface area (Å²) in [5.74, 6) is -0.211. The molecule has 1 aliphatic rings. The summed E-state index contributed by atoms with van der Waals surface area (Å²) in [5.41, 5.74) is 2.18. The van der Waals surface area contributed by atoms with Gasteiger partial charge in [0, 0.05) is 18.6 Å². The smallest absolute Gasteiger partial charge is 0.264 e. The third kappa shape index (κ3) is 3.28. The molecule has 0 aliphatic carbocycles. The number of amides is 1. The summed E-state index contributed by atoms with van der Waals surface area (Å²) in [6.45, 7) is 0. The van der Waals surface area contributed by atoms with Crippen molar-refractivity contribution in [1.29, 1.82) is 0 Å². The fourth-order valence-electron chi connectivity index (χ4n) is 2.35. The van der Waals surface area contributed by atoms with Crippen LogP contribution in [0.5, 0.6) is 0 Å². The zero-order chi connectivity index (χ0) is 17.4. The molecule has 0 saturated carbocycles. The second-order valence-electron chi connectivity index (χ2n) is 5.21. The second-order valence-corrected chi connectivity index (χ2v) is 7.05. The first-order valence-electron chi connectivity index (χ1n) is 7.26. The van der Waals surface area contributed by atoms with Gasteiger partial charge in [-0.25, -0.2) is 9.98 Å². The Balaban J connectivity index is 1.64. The number of amidine groups is 1. The molecule has 3 aromatic rings. The number of imidazole rings is 1. The minimum Gasteiger partial charge on any atom is -0.307 e. The largest absolute Gasteiger partial charge is 0.307 e. The molecule has 3 heterocycles. The highest BCUT2D eigenvalue weighted by atomic mass is 35.5. The number of benzene rings is 1. The van der Waals surface area contributed by atoms with Crippen molar-refractivity contribution in [2.45, 2.75) is 0 Å². The predicted octanol–water partition coefficient (Wildman–Crippen LogP) is 4.53. The molecule has 25 heavy (non-hydrogen) atoms. The number of hydrogen-bond donors (Lipinski definition) is 1. The van der Waals surface area contributed by atoms with Crippen LogP contribution in [0.25, 0.3) is 11.7 Å². The third-order valence-electron chi connectivity index (χ3n) is 3.51. The number of nitrogens with zero attached hydrogens (tertiary/aromatic N) is 3. The first-order chi connectivity index (χ1) is 12.1. The number of halogens is 2. The van der Waals surface area contributed by atoms with Gasteiger partial charge >= 0.3 is 0 Å². The van der Waals surface area contributed by atoms with Gasteiger partial charge in [-0.15, -0.1) is 0 Å². The summed E-state index contributed by atoms with van der Waals surface area (Å²) in [4.78, 5) is 21.3. The first-order valence-corrected chi connectivity index (χ1v) is 8.84. The normalized spacial score (nSPS) is 17.6. The fourth-order valence-corrected chi connectivity index (χ4v) is 3.66. The standard InChI is InChI=1S/C17H10Cl2N4OS/c18-11-2-1-3-12(19)15(11)21-17-22-16(24)13(25-17)8-10-4-5-14-20-6-7-23(14)9-10/h1-9H,(H,21,22,24)/b13-8-. The minimum atomic E-state index is -0.211. The van der Waals surface area contributed by atoms with Crippen molar-refractivity contribution in [3.63, 3.8) is 0 Å². The van der Waals surface area contributed by atoms with Gasteiger partial charge < -0.3 is 9.72 Å². The highest BCUT2D eigenvalue weighted by Gasteiger charge is 2.24. The van der Waals surface area contributed by atoms with Gasteiger partial charge in [-0.2, -0.15) is 0 Å². The highest BCUT2D eigenvalue weighted by Crippen LogP contribution is 2.35. The maximum Gasteiger partial charge on any atom is 0.264 e. The van der Waals surface area contributed by atoms with Crippen molar-refractivity contribution in [3.8, 4) is 0 Å². The van der Waals surface area contributed by atoms with E-state index in [1.165, 1.54) is 11.8 Å². The van der Waals surface area contributed by atoms with Crippen molar-refractivity contribution >= 4 is 63.4 Å². The number of carbonyl (C=O) groups is 1. The Morgan fingerprint density at radius 2 is 2.00 bits per heavy atom. The van der Waals surface area contributed by atoms with Crippen LogP contribution < -0.4 is 5.32 Å². The van der Waals surface area contributed by atoms with E-state index in [1.54, 1.807) is 30.5 Å². The number of hydrogen-bond acceptors (Lipinski definition) is 4. The van der Waals surface area contributed by atoms with Crippen molar-refractivity contribution in [2.75, 3.05) is 0 Å². The van der Waals surface area contributed by atoms with E-state index in [0.717, 1.165) is 11.2 Å². The predicted molar refractivity (Wildman–Crippen MR) is 102 cm³/mol. The Morgan fingerprint density at radius 3 is 2.80 bits per heavy atom. The van der Waals surface area contributed by atoms with Gasteiger partial charge in [0.2, 0.25) is 0 Å². The Hall–Kier alpha value is -2.28. The Bertz CT molecular complexity index is 1040. The van der Waals surface area contributed by atoms with E-state index >= 15 is 0 Å². The third-order valence-corrected chi connectivity index (χ3v) is 5.03. The lowest BCUT2D eigenvalue weighted by atomic mass is 10.2. The van der Waals surface area contributed by atoms with E-state index in [9.17, 15) is 4.79 Å². The molecule has 1 fully saturated rings. The molecule has 1 N–H and O–H groups in total. The van der Waals surface area contributed by atoms with E-state index in [1.807, 2.05) is 28.9 Å². The zero-order valence-electron chi connectivity index (χ0n) is 12.6. The maximum absolute atomic E-state index is 12.2. The molecule has 0 unspecified atom stereocenters. The lowest BCUT2D eigenvalue weighted by Crippen LogP contribution is -2.19. The number of para-hydroxylation sites is 1. The molecule has 1 amide bonds. The zero-order valence-corrected chi connectivity index (χ0v) is 14.9. The number of fused-ring (bicyclic) bond motifs is 1. The molecule has 124 valence electrons. The van der Waals surface area contributed by atoms with Gasteiger partial charge in [0.25, 0.3) is 5.91 Å². The molecule has 0 spiro atoms. The molecule has 1 aromatic carbocycles. The van der Waals surface area contributed by atoms with Crippen LogP contribution in [0, 0.1) is 0 Å². The van der Waals surface area contributed by atoms with Crippen LogP contribution in [0.1, 0.15) is 5.56 Å². The molecule has 0 atom stereocenters. The summed E-state index contributed by atoms with van der Waals surface area (Å²) < 4.78 is 1.89. The molecule has 0 bridgehead atoms. The molecular formula is C17H10Cl2N4OS. The van der Waals surface area contributed by atoms with Gasteiger partial charge in [-0.05, 0) is 47.7 Å². The van der Waals surface area contributed by atoms with Crippen LogP contribution in [-0.4, -0.2) is 20.5 Å². The van der Waals surface area contributed by atoms with E-state index < -0.39 is 0 Å². The summed E-state index contributed by atoms with van der Waals surface area (Å²) in [6, 6.07) is 8.94. The number of aromatic nitrogens is 2. The molecule has 0 radical (unpaired) electrons. The van der Waals surface area contributed by atoms with E-state index in [2.05, 4.69) is 15.3 Å². The van der Waals surface area contributed by atoms with E-state index in [-0.39, 0.29) is 5.91 Å². The van der Waals surface area contributed by atoms with E-state index in [4.69, 9.17) is 23.2 Å². The van der Waals surface area contributed by atoms with Gasteiger partial charge in [0.05, 0.1) is 15.0 Å². The summed E-state index contributed by atoms with van der Waals surface area (Å²) in [7, 11) is 0. The topological polar surface area (TPSA) is 58.8 Å². The molecule has 8 heteroatoms. The second kappa shape index (κ2) is 6.55. The van der Waals surface area contributed by atoms with Crippen LogP contribution in [0.15, 0.2) is 58.8 Å².